The molecule has 0 spiro atoms. The van der Waals surface area contributed by atoms with E-state index in [1.165, 1.54) is 11.3 Å². The lowest BCUT2D eigenvalue weighted by Gasteiger charge is -2.24. The Bertz CT molecular complexity index is 786. The van der Waals surface area contributed by atoms with Gasteiger partial charge in [0.05, 0.1) is 5.69 Å². The number of nitrogens with one attached hydrogen (secondary N) is 1. The van der Waals surface area contributed by atoms with Crippen molar-refractivity contribution in [3.63, 3.8) is 0 Å². The monoisotopic (exact) mass is 334 g/mol. The van der Waals surface area contributed by atoms with Gasteiger partial charge in [0.1, 0.15) is 0 Å². The Balaban J connectivity index is 1.47. The first-order valence-corrected chi connectivity index (χ1v) is 8.65. The van der Waals surface area contributed by atoms with Crippen LogP contribution in [0.25, 0.3) is 0 Å². The molecule has 4 rings (SSSR count). The fraction of sp³-hybridized carbons (Fsp3) is 0.316. The number of aromatic nitrogens is 4. The van der Waals surface area contributed by atoms with E-state index >= 15 is 0 Å². The summed E-state index contributed by atoms with van der Waals surface area (Å²) >= 11 is 0. The van der Waals surface area contributed by atoms with Crippen molar-refractivity contribution in [1.29, 1.82) is 0 Å². The summed E-state index contributed by atoms with van der Waals surface area (Å²) in [6, 6.07) is 14.6. The van der Waals surface area contributed by atoms with Crippen LogP contribution in [0.2, 0.25) is 0 Å². The second kappa shape index (κ2) is 7.44. The SMILES string of the molecule is c1ccc(CN2Cc3ccnn3CC(CNc3ncccn3)C2)cc1. The summed E-state index contributed by atoms with van der Waals surface area (Å²) in [6.45, 7) is 4.62. The third-order valence-corrected chi connectivity index (χ3v) is 4.50. The smallest absolute Gasteiger partial charge is 0.222 e. The van der Waals surface area contributed by atoms with Crippen LogP contribution < -0.4 is 5.32 Å². The van der Waals surface area contributed by atoms with E-state index in [4.69, 9.17) is 0 Å². The van der Waals surface area contributed by atoms with Crippen molar-refractivity contribution in [2.24, 2.45) is 5.92 Å². The van der Waals surface area contributed by atoms with Crippen LogP contribution in [0.1, 0.15) is 11.3 Å². The number of nitrogens with zero attached hydrogens (tertiary/aromatic N) is 5. The van der Waals surface area contributed by atoms with Gasteiger partial charge in [-0.05, 0) is 17.7 Å². The molecule has 6 nitrogen and oxygen atoms in total. The first kappa shape index (κ1) is 15.8. The minimum Gasteiger partial charge on any atom is -0.354 e. The Labute approximate surface area is 147 Å². The number of benzene rings is 1. The van der Waals surface area contributed by atoms with Crippen LogP contribution in [0.4, 0.5) is 5.95 Å². The highest BCUT2D eigenvalue weighted by molar-refractivity contribution is 5.22. The summed E-state index contributed by atoms with van der Waals surface area (Å²) < 4.78 is 2.13. The highest BCUT2D eigenvalue weighted by Gasteiger charge is 2.22. The van der Waals surface area contributed by atoms with Crippen LogP contribution in [-0.2, 0) is 19.6 Å². The summed E-state index contributed by atoms with van der Waals surface area (Å²) in [5, 5.41) is 7.85. The molecule has 0 amide bonds. The van der Waals surface area contributed by atoms with E-state index in [2.05, 4.69) is 66.4 Å². The molecule has 1 aromatic carbocycles. The van der Waals surface area contributed by atoms with E-state index in [0.29, 0.717) is 11.9 Å². The van der Waals surface area contributed by atoms with Crippen LogP contribution in [0.3, 0.4) is 0 Å². The molecule has 0 bridgehead atoms. The maximum atomic E-state index is 4.49. The highest BCUT2D eigenvalue weighted by Crippen LogP contribution is 2.18. The minimum absolute atomic E-state index is 0.439. The number of hydrogen-bond donors (Lipinski definition) is 1. The van der Waals surface area contributed by atoms with Gasteiger partial charge >= 0.3 is 0 Å². The molecule has 1 unspecified atom stereocenters. The largest absolute Gasteiger partial charge is 0.354 e. The summed E-state index contributed by atoms with van der Waals surface area (Å²) in [5.41, 5.74) is 2.61. The van der Waals surface area contributed by atoms with Crippen molar-refractivity contribution in [1.82, 2.24) is 24.6 Å². The Morgan fingerprint density at radius 2 is 1.80 bits per heavy atom. The third-order valence-electron chi connectivity index (χ3n) is 4.50. The second-order valence-corrected chi connectivity index (χ2v) is 6.48. The summed E-state index contributed by atoms with van der Waals surface area (Å²) in [7, 11) is 0. The average molecular weight is 334 g/mol. The molecule has 1 aliphatic heterocycles. The third kappa shape index (κ3) is 4.03. The molecule has 3 heterocycles. The molecule has 2 aromatic heterocycles. The van der Waals surface area contributed by atoms with Gasteiger partial charge in [-0.2, -0.15) is 5.10 Å². The Hall–Kier alpha value is -2.73. The normalized spacial score (nSPS) is 17.7. The van der Waals surface area contributed by atoms with E-state index in [1.807, 2.05) is 12.3 Å². The summed E-state index contributed by atoms with van der Waals surface area (Å²) in [5.74, 6) is 1.12. The van der Waals surface area contributed by atoms with Gasteiger partial charge in [-0.3, -0.25) is 9.58 Å². The number of rotatable bonds is 5. The molecule has 3 aromatic rings. The Morgan fingerprint density at radius 1 is 0.960 bits per heavy atom. The zero-order chi connectivity index (χ0) is 16.9. The minimum atomic E-state index is 0.439. The predicted octanol–water partition coefficient (Wildman–Crippen LogP) is 2.42. The van der Waals surface area contributed by atoms with Gasteiger partial charge in [0.25, 0.3) is 0 Å². The zero-order valence-corrected chi connectivity index (χ0v) is 14.1. The first-order chi connectivity index (χ1) is 12.4. The molecule has 128 valence electrons. The Morgan fingerprint density at radius 3 is 2.64 bits per heavy atom. The van der Waals surface area contributed by atoms with Crippen LogP contribution in [0, 0.1) is 5.92 Å². The molecule has 1 N–H and O–H groups in total. The molecular formula is C19H22N6. The lowest BCUT2D eigenvalue weighted by atomic mass is 10.1. The van der Waals surface area contributed by atoms with Crippen molar-refractivity contribution in [3.8, 4) is 0 Å². The molecule has 0 fully saturated rings. The van der Waals surface area contributed by atoms with Crippen molar-refractivity contribution in [2.45, 2.75) is 19.6 Å². The average Bonchev–Trinajstić information content (AvgIpc) is 3.01. The van der Waals surface area contributed by atoms with Crippen molar-refractivity contribution < 1.29 is 0 Å². The first-order valence-electron chi connectivity index (χ1n) is 8.65. The highest BCUT2D eigenvalue weighted by atomic mass is 15.3. The molecule has 6 heteroatoms. The van der Waals surface area contributed by atoms with Gasteiger partial charge < -0.3 is 5.32 Å². The summed E-state index contributed by atoms with van der Waals surface area (Å²) in [6.07, 6.45) is 5.41. The fourth-order valence-corrected chi connectivity index (χ4v) is 3.34. The topological polar surface area (TPSA) is 58.9 Å². The van der Waals surface area contributed by atoms with E-state index in [1.54, 1.807) is 12.4 Å². The van der Waals surface area contributed by atoms with Gasteiger partial charge in [-0.15, -0.1) is 0 Å². The molecule has 0 aliphatic carbocycles. The summed E-state index contributed by atoms with van der Waals surface area (Å²) in [4.78, 5) is 11.0. The van der Waals surface area contributed by atoms with Crippen LogP contribution in [0.15, 0.2) is 61.1 Å². The van der Waals surface area contributed by atoms with Gasteiger partial charge in [-0.1, -0.05) is 30.3 Å². The van der Waals surface area contributed by atoms with Gasteiger partial charge in [0.2, 0.25) is 5.95 Å². The van der Waals surface area contributed by atoms with Crippen molar-refractivity contribution >= 4 is 5.95 Å². The van der Waals surface area contributed by atoms with E-state index in [9.17, 15) is 0 Å². The maximum absolute atomic E-state index is 4.49. The van der Waals surface area contributed by atoms with E-state index in [0.717, 1.165) is 32.7 Å². The van der Waals surface area contributed by atoms with Crippen LogP contribution in [0.5, 0.6) is 0 Å². The molecule has 25 heavy (non-hydrogen) atoms. The molecule has 0 radical (unpaired) electrons. The molecule has 0 saturated carbocycles. The molecule has 1 atom stereocenters. The zero-order valence-electron chi connectivity index (χ0n) is 14.1. The van der Waals surface area contributed by atoms with E-state index in [-0.39, 0.29) is 0 Å². The van der Waals surface area contributed by atoms with Crippen molar-refractivity contribution in [3.05, 3.63) is 72.3 Å². The Kier molecular flexibility index (Phi) is 4.70. The van der Waals surface area contributed by atoms with Crippen LogP contribution >= 0.6 is 0 Å². The molecular weight excluding hydrogens is 312 g/mol. The standard InChI is InChI=1S/C19H22N6/c1-2-5-16(6-3-1)12-24-13-17(11-22-19-20-8-4-9-21-19)14-25-18(15-24)7-10-23-25/h1-10,17H,11-15H2,(H,20,21,22). The second-order valence-electron chi connectivity index (χ2n) is 6.48. The quantitative estimate of drug-likeness (QED) is 0.776. The lowest BCUT2D eigenvalue weighted by molar-refractivity contribution is 0.225. The molecule has 1 aliphatic rings. The number of fused-ring (bicyclic) bond motifs is 1. The van der Waals surface area contributed by atoms with Crippen LogP contribution in [-0.4, -0.2) is 37.7 Å². The van der Waals surface area contributed by atoms with Crippen molar-refractivity contribution in [2.75, 3.05) is 18.4 Å². The maximum Gasteiger partial charge on any atom is 0.222 e. The fourth-order valence-electron chi connectivity index (χ4n) is 3.34. The predicted molar refractivity (Wildman–Crippen MR) is 96.8 cm³/mol. The van der Waals surface area contributed by atoms with E-state index < -0.39 is 0 Å². The van der Waals surface area contributed by atoms with Gasteiger partial charge in [-0.25, -0.2) is 9.97 Å². The number of hydrogen-bond acceptors (Lipinski definition) is 5. The number of anilines is 1. The van der Waals surface area contributed by atoms with Gasteiger partial charge in [0.15, 0.2) is 0 Å². The lowest BCUT2D eigenvalue weighted by Crippen LogP contribution is -2.31. The molecule has 0 saturated heterocycles. The van der Waals surface area contributed by atoms with Gasteiger partial charge in [0, 0.05) is 57.2 Å².